The average Bonchev–Trinajstić information content (AvgIpc) is 2.11. The third kappa shape index (κ3) is 2.47. The molecule has 0 aliphatic heterocycles. The van der Waals surface area contributed by atoms with E-state index in [1.54, 1.807) is 7.05 Å². The highest BCUT2D eigenvalue weighted by molar-refractivity contribution is 5.89. The Morgan fingerprint density at radius 2 is 1.92 bits per heavy atom. The summed E-state index contributed by atoms with van der Waals surface area (Å²) in [7, 11) is 1.59. The van der Waals surface area contributed by atoms with Crippen LogP contribution < -0.4 is 10.6 Å². The van der Waals surface area contributed by atoms with Gasteiger partial charge in [0, 0.05) is 12.7 Å². The van der Waals surface area contributed by atoms with Crippen LogP contribution >= 0.6 is 0 Å². The molecule has 13 heavy (non-hydrogen) atoms. The van der Waals surface area contributed by atoms with Crippen molar-refractivity contribution < 1.29 is 4.79 Å². The molecule has 1 rings (SSSR count). The van der Waals surface area contributed by atoms with Crippen LogP contribution in [0.5, 0.6) is 0 Å². The molecule has 0 aromatic heterocycles. The number of nitrogens with one attached hydrogen (secondary N) is 2. The molecule has 0 spiro atoms. The van der Waals surface area contributed by atoms with Crippen molar-refractivity contribution >= 4 is 11.7 Å². The van der Waals surface area contributed by atoms with Crippen LogP contribution in [0.3, 0.4) is 0 Å². The topological polar surface area (TPSA) is 41.1 Å². The molecule has 0 heterocycles. The molecule has 3 nitrogen and oxygen atoms in total. The molecule has 0 aliphatic carbocycles. The van der Waals surface area contributed by atoms with Crippen molar-refractivity contribution in [1.29, 1.82) is 0 Å². The van der Waals surface area contributed by atoms with Gasteiger partial charge in [-0.05, 0) is 37.1 Å². The maximum absolute atomic E-state index is 11.0. The number of anilines is 1. The van der Waals surface area contributed by atoms with Gasteiger partial charge in [0.15, 0.2) is 0 Å². The van der Waals surface area contributed by atoms with Crippen molar-refractivity contribution in [1.82, 2.24) is 5.32 Å². The largest absolute Gasteiger partial charge is 0.341 e. The molecule has 0 atom stereocenters. The molecule has 0 aliphatic rings. The number of carbonyl (C=O) groups excluding carboxylic acids is 1. The van der Waals surface area contributed by atoms with Crippen molar-refractivity contribution in [3.8, 4) is 0 Å². The van der Waals surface area contributed by atoms with Gasteiger partial charge in [-0.1, -0.05) is 6.07 Å². The zero-order valence-electron chi connectivity index (χ0n) is 8.14. The van der Waals surface area contributed by atoms with Crippen LogP contribution in [0.25, 0.3) is 0 Å². The normalized spacial score (nSPS) is 9.46. The van der Waals surface area contributed by atoms with Crippen LogP contribution in [0, 0.1) is 13.8 Å². The van der Waals surface area contributed by atoms with Gasteiger partial charge in [-0.3, -0.25) is 0 Å². The highest BCUT2D eigenvalue weighted by atomic mass is 16.2. The summed E-state index contributed by atoms with van der Waals surface area (Å²) in [6.45, 7) is 4.06. The van der Waals surface area contributed by atoms with Crippen molar-refractivity contribution in [2.24, 2.45) is 0 Å². The molecule has 0 bridgehead atoms. The van der Waals surface area contributed by atoms with Gasteiger partial charge in [-0.25, -0.2) is 4.79 Å². The van der Waals surface area contributed by atoms with Crippen LogP contribution in [0.15, 0.2) is 18.2 Å². The van der Waals surface area contributed by atoms with E-state index in [1.807, 2.05) is 32.0 Å². The Hall–Kier alpha value is -1.51. The third-order valence-electron chi connectivity index (χ3n) is 1.99. The van der Waals surface area contributed by atoms with E-state index in [4.69, 9.17) is 0 Å². The maximum atomic E-state index is 11.0. The van der Waals surface area contributed by atoms with Crippen LogP contribution in [-0.2, 0) is 0 Å². The lowest BCUT2D eigenvalue weighted by atomic mass is 10.1. The Balaban J connectivity index is 2.79. The van der Waals surface area contributed by atoms with Crippen molar-refractivity contribution in [3.63, 3.8) is 0 Å². The predicted octanol–water partition coefficient (Wildman–Crippen LogP) is 2.05. The van der Waals surface area contributed by atoms with Crippen molar-refractivity contribution in [2.45, 2.75) is 13.8 Å². The number of hydrogen-bond donors (Lipinski definition) is 2. The molecule has 1 aromatic rings. The fourth-order valence-electron chi connectivity index (χ4n) is 1.01. The Kier molecular flexibility index (Phi) is 2.90. The lowest BCUT2D eigenvalue weighted by Crippen LogP contribution is -2.24. The van der Waals surface area contributed by atoms with Crippen molar-refractivity contribution in [3.05, 3.63) is 29.3 Å². The van der Waals surface area contributed by atoms with Gasteiger partial charge in [0.2, 0.25) is 0 Å². The van der Waals surface area contributed by atoms with Gasteiger partial charge >= 0.3 is 6.03 Å². The zero-order chi connectivity index (χ0) is 9.84. The zero-order valence-corrected chi connectivity index (χ0v) is 8.14. The number of urea groups is 1. The molecule has 2 amide bonds. The van der Waals surface area contributed by atoms with Crippen LogP contribution in [0.1, 0.15) is 11.1 Å². The molecule has 0 fully saturated rings. The molecule has 70 valence electrons. The summed E-state index contributed by atoms with van der Waals surface area (Å²) in [5, 5.41) is 5.21. The molecule has 3 heteroatoms. The van der Waals surface area contributed by atoms with Crippen molar-refractivity contribution in [2.75, 3.05) is 12.4 Å². The van der Waals surface area contributed by atoms with Crippen LogP contribution in [0.4, 0.5) is 10.5 Å². The number of rotatable bonds is 1. The van der Waals surface area contributed by atoms with E-state index >= 15 is 0 Å². The number of carbonyl (C=O) groups is 1. The molecule has 1 aromatic carbocycles. The van der Waals surface area contributed by atoms with E-state index in [2.05, 4.69) is 10.6 Å². The SMILES string of the molecule is CNC(=O)Nc1ccc(C)c(C)c1. The minimum absolute atomic E-state index is 0.191. The van der Waals surface area contributed by atoms with E-state index < -0.39 is 0 Å². The predicted molar refractivity (Wildman–Crippen MR) is 54.0 cm³/mol. The Morgan fingerprint density at radius 1 is 1.23 bits per heavy atom. The molecule has 0 saturated carbocycles. The second kappa shape index (κ2) is 3.94. The van der Waals surface area contributed by atoms with E-state index in [-0.39, 0.29) is 6.03 Å². The smallest absolute Gasteiger partial charge is 0.318 e. The minimum atomic E-state index is -0.191. The van der Waals surface area contributed by atoms with Gasteiger partial charge in [-0.2, -0.15) is 0 Å². The summed E-state index contributed by atoms with van der Waals surface area (Å²) >= 11 is 0. The van der Waals surface area contributed by atoms with Gasteiger partial charge in [0.05, 0.1) is 0 Å². The first-order chi connectivity index (χ1) is 6.13. The maximum Gasteiger partial charge on any atom is 0.318 e. The van der Waals surface area contributed by atoms with E-state index in [0.29, 0.717) is 0 Å². The fraction of sp³-hybridized carbons (Fsp3) is 0.300. The summed E-state index contributed by atoms with van der Waals surface area (Å²) in [5.41, 5.74) is 3.22. The highest BCUT2D eigenvalue weighted by Gasteiger charge is 1.99. The summed E-state index contributed by atoms with van der Waals surface area (Å²) < 4.78 is 0. The molecule has 0 unspecified atom stereocenters. The summed E-state index contributed by atoms with van der Waals surface area (Å²) in [5.74, 6) is 0. The molecule has 0 saturated heterocycles. The molecular weight excluding hydrogens is 164 g/mol. The monoisotopic (exact) mass is 178 g/mol. The van der Waals surface area contributed by atoms with Gasteiger partial charge in [0.1, 0.15) is 0 Å². The molecule has 0 radical (unpaired) electrons. The van der Waals surface area contributed by atoms with Gasteiger partial charge in [-0.15, -0.1) is 0 Å². The number of aryl methyl sites for hydroxylation is 2. The highest BCUT2D eigenvalue weighted by Crippen LogP contribution is 2.13. The Morgan fingerprint density at radius 3 is 2.46 bits per heavy atom. The molecular formula is C10H14N2O. The summed E-state index contributed by atoms with van der Waals surface area (Å²) in [6, 6.07) is 5.63. The number of hydrogen-bond acceptors (Lipinski definition) is 1. The standard InChI is InChI=1S/C10H14N2O/c1-7-4-5-9(6-8(7)2)12-10(13)11-3/h4-6H,1-3H3,(H2,11,12,13). The van der Waals surface area contributed by atoms with Crippen LogP contribution in [0.2, 0.25) is 0 Å². The Bertz CT molecular complexity index is 321. The lowest BCUT2D eigenvalue weighted by molar-refractivity contribution is 0.254. The summed E-state index contributed by atoms with van der Waals surface area (Å²) in [6.07, 6.45) is 0. The fourth-order valence-corrected chi connectivity index (χ4v) is 1.01. The van der Waals surface area contributed by atoms with Gasteiger partial charge in [0.25, 0.3) is 0 Å². The number of benzene rings is 1. The number of amides is 2. The summed E-state index contributed by atoms with van der Waals surface area (Å²) in [4.78, 5) is 11.0. The first-order valence-corrected chi connectivity index (χ1v) is 4.19. The first-order valence-electron chi connectivity index (χ1n) is 4.19. The van der Waals surface area contributed by atoms with E-state index in [0.717, 1.165) is 5.69 Å². The van der Waals surface area contributed by atoms with E-state index in [1.165, 1.54) is 11.1 Å². The van der Waals surface area contributed by atoms with Gasteiger partial charge < -0.3 is 10.6 Å². The Labute approximate surface area is 78.2 Å². The minimum Gasteiger partial charge on any atom is -0.341 e. The first kappa shape index (κ1) is 9.58. The van der Waals surface area contributed by atoms with Crippen LogP contribution in [-0.4, -0.2) is 13.1 Å². The third-order valence-corrected chi connectivity index (χ3v) is 1.99. The quantitative estimate of drug-likeness (QED) is 0.679. The second-order valence-electron chi connectivity index (χ2n) is 3.00. The van der Waals surface area contributed by atoms with E-state index in [9.17, 15) is 4.79 Å². The lowest BCUT2D eigenvalue weighted by Gasteiger charge is -2.06. The molecule has 2 N–H and O–H groups in total. The second-order valence-corrected chi connectivity index (χ2v) is 3.00. The average molecular weight is 178 g/mol.